The number of rotatable bonds is 6. The minimum Gasteiger partial charge on any atom is -0.497 e. The van der Waals surface area contributed by atoms with Crippen molar-refractivity contribution in [1.82, 2.24) is 0 Å². The standard InChI is InChI=1S/C21H20O5/c1-13-4-9-18-16(12-25-19(18)10-13)11-20(22)26-14(2)21(23)15-5-7-17(24-3)8-6-15/h4-10,12,14H,11H2,1-3H3/t14-/m1/s1. The molecule has 5 nitrogen and oxygen atoms in total. The molecule has 1 aromatic heterocycles. The van der Waals surface area contributed by atoms with Gasteiger partial charge in [0, 0.05) is 16.5 Å². The summed E-state index contributed by atoms with van der Waals surface area (Å²) in [7, 11) is 1.56. The summed E-state index contributed by atoms with van der Waals surface area (Å²) >= 11 is 0. The third-order valence-corrected chi connectivity index (χ3v) is 4.20. The van der Waals surface area contributed by atoms with Crippen LogP contribution in [0.3, 0.4) is 0 Å². The lowest BCUT2D eigenvalue weighted by molar-refractivity contribution is -0.145. The molecule has 0 fully saturated rings. The minimum absolute atomic E-state index is 0.0519. The van der Waals surface area contributed by atoms with E-state index in [2.05, 4.69) is 0 Å². The smallest absolute Gasteiger partial charge is 0.311 e. The molecule has 0 amide bonds. The fraction of sp³-hybridized carbons (Fsp3) is 0.238. The van der Waals surface area contributed by atoms with Crippen molar-refractivity contribution in [3.63, 3.8) is 0 Å². The second-order valence-electron chi connectivity index (χ2n) is 6.16. The van der Waals surface area contributed by atoms with Crippen molar-refractivity contribution in [1.29, 1.82) is 0 Å². The summed E-state index contributed by atoms with van der Waals surface area (Å²) in [6.45, 7) is 3.55. The number of ketones is 1. The molecule has 5 heteroatoms. The number of Topliss-reactive ketones (excluding diaryl/α,β-unsaturated/α-hetero) is 1. The zero-order valence-electron chi connectivity index (χ0n) is 14.9. The topological polar surface area (TPSA) is 65.7 Å². The highest BCUT2D eigenvalue weighted by Crippen LogP contribution is 2.23. The first-order chi connectivity index (χ1) is 12.5. The van der Waals surface area contributed by atoms with Gasteiger partial charge in [-0.2, -0.15) is 0 Å². The maximum Gasteiger partial charge on any atom is 0.311 e. The van der Waals surface area contributed by atoms with Gasteiger partial charge in [-0.3, -0.25) is 9.59 Å². The van der Waals surface area contributed by atoms with Crippen LogP contribution in [-0.4, -0.2) is 25.0 Å². The van der Waals surface area contributed by atoms with E-state index in [4.69, 9.17) is 13.9 Å². The Labute approximate surface area is 151 Å². The summed E-state index contributed by atoms with van der Waals surface area (Å²) in [6.07, 6.45) is 0.744. The number of methoxy groups -OCH3 is 1. The fourth-order valence-corrected chi connectivity index (χ4v) is 2.77. The van der Waals surface area contributed by atoms with E-state index in [1.807, 2.05) is 25.1 Å². The molecule has 0 bridgehead atoms. The molecule has 0 aliphatic rings. The van der Waals surface area contributed by atoms with E-state index in [0.29, 0.717) is 11.3 Å². The summed E-state index contributed by atoms with van der Waals surface area (Å²) in [4.78, 5) is 24.6. The molecule has 0 radical (unpaired) electrons. The molecule has 0 saturated heterocycles. The zero-order chi connectivity index (χ0) is 18.7. The van der Waals surface area contributed by atoms with Crippen molar-refractivity contribution >= 4 is 22.7 Å². The third kappa shape index (κ3) is 3.77. The summed E-state index contributed by atoms with van der Waals surface area (Å²) in [5.41, 5.74) is 3.03. The van der Waals surface area contributed by atoms with Gasteiger partial charge in [-0.1, -0.05) is 12.1 Å². The van der Waals surface area contributed by atoms with Crippen LogP contribution in [0.25, 0.3) is 11.0 Å². The van der Waals surface area contributed by atoms with Crippen LogP contribution in [0.1, 0.15) is 28.4 Å². The Morgan fingerprint density at radius 2 is 1.85 bits per heavy atom. The van der Waals surface area contributed by atoms with Crippen LogP contribution in [0.4, 0.5) is 0 Å². The summed E-state index contributed by atoms with van der Waals surface area (Å²) in [6, 6.07) is 12.5. The number of benzene rings is 2. The number of furan rings is 1. The van der Waals surface area contributed by atoms with E-state index >= 15 is 0 Å². The van der Waals surface area contributed by atoms with Crippen LogP contribution in [0.2, 0.25) is 0 Å². The molecule has 3 aromatic rings. The molecule has 0 spiro atoms. The number of ether oxygens (including phenoxy) is 2. The van der Waals surface area contributed by atoms with Gasteiger partial charge in [0.25, 0.3) is 0 Å². The van der Waals surface area contributed by atoms with Crippen molar-refractivity contribution in [2.75, 3.05) is 7.11 Å². The van der Waals surface area contributed by atoms with Gasteiger partial charge in [0.2, 0.25) is 5.78 Å². The molecule has 3 rings (SSSR count). The lowest BCUT2D eigenvalue weighted by atomic mass is 10.1. The average molecular weight is 352 g/mol. The van der Waals surface area contributed by atoms with Crippen molar-refractivity contribution < 1.29 is 23.5 Å². The van der Waals surface area contributed by atoms with E-state index in [1.54, 1.807) is 44.6 Å². The number of fused-ring (bicyclic) bond motifs is 1. The van der Waals surface area contributed by atoms with Crippen LogP contribution in [0.15, 0.2) is 53.1 Å². The molecule has 0 unspecified atom stereocenters. The highest BCUT2D eigenvalue weighted by molar-refractivity contribution is 6.00. The van der Waals surface area contributed by atoms with Gasteiger partial charge < -0.3 is 13.9 Å². The van der Waals surface area contributed by atoms with Crippen LogP contribution in [0, 0.1) is 6.92 Å². The monoisotopic (exact) mass is 352 g/mol. The van der Waals surface area contributed by atoms with Gasteiger partial charge in [0.15, 0.2) is 6.10 Å². The Hall–Kier alpha value is -3.08. The molecular weight excluding hydrogens is 332 g/mol. The maximum absolute atomic E-state index is 12.4. The number of aryl methyl sites for hydroxylation is 1. The largest absolute Gasteiger partial charge is 0.497 e. The second-order valence-corrected chi connectivity index (χ2v) is 6.16. The predicted molar refractivity (Wildman–Crippen MR) is 97.5 cm³/mol. The van der Waals surface area contributed by atoms with Gasteiger partial charge in [-0.25, -0.2) is 0 Å². The molecule has 0 aliphatic carbocycles. The highest BCUT2D eigenvalue weighted by atomic mass is 16.5. The lowest BCUT2D eigenvalue weighted by Gasteiger charge is -2.12. The molecule has 134 valence electrons. The Morgan fingerprint density at radius 3 is 2.54 bits per heavy atom. The number of hydrogen-bond acceptors (Lipinski definition) is 5. The SMILES string of the molecule is COc1ccc(C(=O)[C@@H](C)OC(=O)Cc2coc3cc(C)ccc23)cc1. The Morgan fingerprint density at radius 1 is 1.12 bits per heavy atom. The van der Waals surface area contributed by atoms with Crippen molar-refractivity contribution in [2.24, 2.45) is 0 Å². The van der Waals surface area contributed by atoms with Crippen molar-refractivity contribution in [3.8, 4) is 5.75 Å². The number of hydrogen-bond donors (Lipinski definition) is 0. The predicted octanol–water partition coefficient (Wildman–Crippen LogP) is 4.11. The Kier molecular flexibility index (Phi) is 5.07. The van der Waals surface area contributed by atoms with Crippen LogP contribution in [0.5, 0.6) is 5.75 Å². The maximum atomic E-state index is 12.4. The molecular formula is C21H20O5. The highest BCUT2D eigenvalue weighted by Gasteiger charge is 2.20. The average Bonchev–Trinajstić information content (AvgIpc) is 3.02. The summed E-state index contributed by atoms with van der Waals surface area (Å²) in [5.74, 6) is -0.0652. The molecule has 0 saturated carbocycles. The first-order valence-electron chi connectivity index (χ1n) is 8.32. The van der Waals surface area contributed by atoms with Gasteiger partial charge in [0.05, 0.1) is 19.8 Å². The summed E-state index contributed by atoms with van der Waals surface area (Å²) < 4.78 is 15.9. The first-order valence-corrected chi connectivity index (χ1v) is 8.32. The zero-order valence-corrected chi connectivity index (χ0v) is 14.9. The molecule has 1 atom stereocenters. The summed E-state index contributed by atoms with van der Waals surface area (Å²) in [5, 5.41) is 0.877. The van der Waals surface area contributed by atoms with E-state index in [-0.39, 0.29) is 12.2 Å². The quantitative estimate of drug-likeness (QED) is 0.493. The number of esters is 1. The van der Waals surface area contributed by atoms with E-state index < -0.39 is 12.1 Å². The van der Waals surface area contributed by atoms with E-state index in [9.17, 15) is 9.59 Å². The van der Waals surface area contributed by atoms with Gasteiger partial charge in [0.1, 0.15) is 11.3 Å². The third-order valence-electron chi connectivity index (χ3n) is 4.20. The van der Waals surface area contributed by atoms with E-state index in [0.717, 1.165) is 22.1 Å². The van der Waals surface area contributed by atoms with Gasteiger partial charge in [-0.05, 0) is 49.7 Å². The molecule has 2 aromatic carbocycles. The molecule has 26 heavy (non-hydrogen) atoms. The minimum atomic E-state index is -0.865. The second kappa shape index (κ2) is 7.44. The van der Waals surface area contributed by atoms with Crippen molar-refractivity contribution in [3.05, 3.63) is 65.4 Å². The number of carbonyl (C=O) groups excluding carboxylic acids is 2. The van der Waals surface area contributed by atoms with Gasteiger partial charge >= 0.3 is 5.97 Å². The van der Waals surface area contributed by atoms with Crippen molar-refractivity contribution in [2.45, 2.75) is 26.4 Å². The fourth-order valence-electron chi connectivity index (χ4n) is 2.77. The van der Waals surface area contributed by atoms with E-state index in [1.165, 1.54) is 0 Å². The normalized spacial score (nSPS) is 12.0. The van der Waals surface area contributed by atoms with Crippen LogP contribution >= 0.6 is 0 Å². The Balaban J connectivity index is 1.65. The van der Waals surface area contributed by atoms with Crippen LogP contribution < -0.4 is 4.74 Å². The number of carbonyl (C=O) groups is 2. The molecule has 0 aliphatic heterocycles. The first kappa shape index (κ1) is 17.7. The Bertz CT molecular complexity index is 937. The van der Waals surface area contributed by atoms with Gasteiger partial charge in [-0.15, -0.1) is 0 Å². The van der Waals surface area contributed by atoms with Crippen LogP contribution in [-0.2, 0) is 16.0 Å². The lowest BCUT2D eigenvalue weighted by Crippen LogP contribution is -2.25. The molecule has 0 N–H and O–H groups in total. The molecule has 1 heterocycles.